The van der Waals surface area contributed by atoms with Gasteiger partial charge >= 0.3 is 0 Å². The van der Waals surface area contributed by atoms with Gasteiger partial charge < -0.3 is 15.0 Å². The van der Waals surface area contributed by atoms with Gasteiger partial charge in [-0.3, -0.25) is 13.9 Å². The van der Waals surface area contributed by atoms with Crippen molar-refractivity contribution in [3.63, 3.8) is 0 Å². The molecule has 0 unspecified atom stereocenters. The van der Waals surface area contributed by atoms with Crippen LogP contribution in [-0.4, -0.2) is 57.6 Å². The summed E-state index contributed by atoms with van der Waals surface area (Å²) < 4.78 is 31.4. The molecule has 1 N–H and O–H groups in total. The molecular weight excluding hydrogens is 442 g/mol. The molecule has 2 amide bonds. The minimum Gasteiger partial charge on any atom is -0.497 e. The second kappa shape index (κ2) is 11.7. The van der Waals surface area contributed by atoms with Gasteiger partial charge in [-0.15, -0.1) is 0 Å². The molecule has 0 aliphatic heterocycles. The summed E-state index contributed by atoms with van der Waals surface area (Å²) >= 11 is 0. The zero-order valence-electron chi connectivity index (χ0n) is 19.9. The molecule has 180 valence electrons. The Hall–Kier alpha value is -3.07. The van der Waals surface area contributed by atoms with Crippen molar-refractivity contribution in [1.29, 1.82) is 0 Å². The van der Waals surface area contributed by atoms with Crippen LogP contribution in [-0.2, 0) is 26.2 Å². The predicted octanol–water partition coefficient (Wildman–Crippen LogP) is 2.71. The van der Waals surface area contributed by atoms with Gasteiger partial charge in [-0.25, -0.2) is 8.42 Å². The first-order valence-electron chi connectivity index (χ1n) is 10.8. The fourth-order valence-corrected chi connectivity index (χ4v) is 4.18. The molecule has 2 rings (SSSR count). The second-order valence-corrected chi connectivity index (χ2v) is 9.86. The van der Waals surface area contributed by atoms with E-state index in [1.807, 2.05) is 26.0 Å². The van der Waals surface area contributed by atoms with Crippen molar-refractivity contribution in [3.05, 3.63) is 59.7 Å². The molecule has 0 spiro atoms. The Kier molecular flexibility index (Phi) is 9.28. The van der Waals surface area contributed by atoms with E-state index in [0.717, 1.165) is 28.1 Å². The van der Waals surface area contributed by atoms with E-state index in [1.165, 1.54) is 4.90 Å². The van der Waals surface area contributed by atoms with E-state index in [-0.39, 0.29) is 12.5 Å². The largest absolute Gasteiger partial charge is 0.497 e. The van der Waals surface area contributed by atoms with Crippen molar-refractivity contribution in [2.45, 2.75) is 39.8 Å². The molecule has 8 nitrogen and oxygen atoms in total. The van der Waals surface area contributed by atoms with Crippen LogP contribution in [0, 0.1) is 6.92 Å². The van der Waals surface area contributed by atoms with Crippen molar-refractivity contribution in [2.24, 2.45) is 0 Å². The first-order valence-corrected chi connectivity index (χ1v) is 12.7. The summed E-state index contributed by atoms with van der Waals surface area (Å²) in [7, 11) is -2.19. The van der Waals surface area contributed by atoms with Crippen molar-refractivity contribution < 1.29 is 22.7 Å². The fourth-order valence-electron chi connectivity index (χ4n) is 3.34. The van der Waals surface area contributed by atoms with E-state index in [1.54, 1.807) is 50.4 Å². The number of nitrogens with one attached hydrogen (secondary N) is 1. The number of hydrogen-bond acceptors (Lipinski definition) is 5. The maximum atomic E-state index is 13.4. The van der Waals surface area contributed by atoms with Crippen molar-refractivity contribution in [2.75, 3.05) is 30.8 Å². The number of ether oxygens (including phenoxy) is 1. The van der Waals surface area contributed by atoms with Gasteiger partial charge in [0.05, 0.1) is 19.1 Å². The van der Waals surface area contributed by atoms with Gasteiger partial charge in [0.15, 0.2) is 0 Å². The monoisotopic (exact) mass is 475 g/mol. The number of amides is 2. The number of hydrogen-bond donors (Lipinski definition) is 1. The maximum Gasteiger partial charge on any atom is 0.244 e. The third kappa shape index (κ3) is 7.49. The van der Waals surface area contributed by atoms with E-state index in [0.29, 0.717) is 18.0 Å². The zero-order chi connectivity index (χ0) is 24.6. The third-order valence-electron chi connectivity index (χ3n) is 5.17. The summed E-state index contributed by atoms with van der Waals surface area (Å²) in [4.78, 5) is 27.5. The number of nitrogens with zero attached hydrogens (tertiary/aromatic N) is 2. The van der Waals surface area contributed by atoms with Gasteiger partial charge in [0.25, 0.3) is 0 Å². The minimum atomic E-state index is -3.74. The Labute approximate surface area is 196 Å². The number of benzene rings is 2. The van der Waals surface area contributed by atoms with Crippen LogP contribution in [0.3, 0.4) is 0 Å². The van der Waals surface area contributed by atoms with Gasteiger partial charge in [-0.2, -0.15) is 0 Å². The van der Waals surface area contributed by atoms with Crippen LogP contribution in [0.15, 0.2) is 48.5 Å². The molecule has 2 aromatic carbocycles. The van der Waals surface area contributed by atoms with Crippen molar-refractivity contribution in [1.82, 2.24) is 10.2 Å². The Balaban J connectivity index is 2.38. The van der Waals surface area contributed by atoms with Crippen LogP contribution in [0.25, 0.3) is 0 Å². The van der Waals surface area contributed by atoms with E-state index in [2.05, 4.69) is 5.32 Å². The number of methoxy groups -OCH3 is 1. The van der Waals surface area contributed by atoms with Gasteiger partial charge in [0, 0.05) is 13.1 Å². The first kappa shape index (κ1) is 26.2. The predicted molar refractivity (Wildman–Crippen MR) is 130 cm³/mol. The molecule has 0 saturated heterocycles. The number of carbonyl (C=O) groups is 2. The topological polar surface area (TPSA) is 96.0 Å². The molecule has 1 atom stereocenters. The first-order chi connectivity index (χ1) is 15.6. The number of sulfonamides is 1. The van der Waals surface area contributed by atoms with Gasteiger partial charge in [0.1, 0.15) is 18.3 Å². The number of anilines is 1. The fraction of sp³-hybridized carbons (Fsp3) is 0.417. The normalized spacial score (nSPS) is 12.0. The van der Waals surface area contributed by atoms with Crippen LogP contribution in [0.4, 0.5) is 5.69 Å². The standard InChI is InChI=1S/C24H33N3O5S/c1-6-13-25-24(29)19(3)26(16-20-10-8-12-22(15-20)32-4)23(28)17-27(33(5,30)31)21-11-7-9-18(2)14-21/h7-12,14-15,19H,6,13,16-17H2,1-5H3,(H,25,29)/t19-/m0/s1. The summed E-state index contributed by atoms with van der Waals surface area (Å²) in [6, 6.07) is 13.3. The lowest BCUT2D eigenvalue weighted by molar-refractivity contribution is -0.139. The Morgan fingerprint density at radius 2 is 1.82 bits per heavy atom. The van der Waals surface area contributed by atoms with Crippen LogP contribution in [0.5, 0.6) is 5.75 Å². The van der Waals surface area contributed by atoms with Crippen molar-refractivity contribution >= 4 is 27.5 Å². The number of carbonyl (C=O) groups excluding carboxylic acids is 2. The molecule has 0 aliphatic rings. The van der Waals surface area contributed by atoms with Gasteiger partial charge in [-0.05, 0) is 55.7 Å². The van der Waals surface area contributed by atoms with E-state index in [9.17, 15) is 18.0 Å². The molecule has 2 aromatic rings. The molecule has 0 heterocycles. The number of aryl methyl sites for hydroxylation is 1. The second-order valence-electron chi connectivity index (χ2n) is 7.95. The maximum absolute atomic E-state index is 13.4. The number of rotatable bonds is 11. The van der Waals surface area contributed by atoms with Gasteiger partial charge in [-0.1, -0.05) is 31.2 Å². The molecule has 0 fully saturated rings. The lowest BCUT2D eigenvalue weighted by atomic mass is 10.1. The average Bonchev–Trinajstić information content (AvgIpc) is 2.78. The SMILES string of the molecule is CCCNC(=O)[C@H](C)N(Cc1cccc(OC)c1)C(=O)CN(c1cccc(C)c1)S(C)(=O)=O. The van der Waals surface area contributed by atoms with Crippen LogP contribution in [0.1, 0.15) is 31.4 Å². The van der Waals surface area contributed by atoms with Gasteiger partial charge in [0.2, 0.25) is 21.8 Å². The molecule has 9 heteroatoms. The van der Waals surface area contributed by atoms with Crippen LogP contribution in [0.2, 0.25) is 0 Å². The summed E-state index contributed by atoms with van der Waals surface area (Å²) in [5.41, 5.74) is 2.03. The third-order valence-corrected chi connectivity index (χ3v) is 6.31. The summed E-state index contributed by atoms with van der Waals surface area (Å²) in [5.74, 6) is -0.154. The van der Waals surface area contributed by atoms with E-state index < -0.39 is 28.5 Å². The Morgan fingerprint density at radius 3 is 2.42 bits per heavy atom. The molecule has 33 heavy (non-hydrogen) atoms. The molecule has 0 radical (unpaired) electrons. The summed E-state index contributed by atoms with van der Waals surface area (Å²) in [5, 5.41) is 2.81. The minimum absolute atomic E-state index is 0.127. The Bertz CT molecular complexity index is 1070. The van der Waals surface area contributed by atoms with E-state index in [4.69, 9.17) is 4.74 Å². The smallest absolute Gasteiger partial charge is 0.244 e. The molecule has 0 aromatic heterocycles. The molecule has 0 bridgehead atoms. The molecular formula is C24H33N3O5S. The highest BCUT2D eigenvalue weighted by Crippen LogP contribution is 2.21. The Morgan fingerprint density at radius 1 is 1.12 bits per heavy atom. The zero-order valence-corrected chi connectivity index (χ0v) is 20.7. The summed E-state index contributed by atoms with van der Waals surface area (Å²) in [6.45, 7) is 5.63. The molecule has 0 aliphatic carbocycles. The lowest BCUT2D eigenvalue weighted by Crippen LogP contribution is -2.51. The average molecular weight is 476 g/mol. The quantitative estimate of drug-likeness (QED) is 0.539. The lowest BCUT2D eigenvalue weighted by Gasteiger charge is -2.31. The highest BCUT2D eigenvalue weighted by Gasteiger charge is 2.30. The van der Waals surface area contributed by atoms with Crippen LogP contribution >= 0.6 is 0 Å². The van der Waals surface area contributed by atoms with Crippen molar-refractivity contribution in [3.8, 4) is 5.75 Å². The van der Waals surface area contributed by atoms with E-state index >= 15 is 0 Å². The highest BCUT2D eigenvalue weighted by molar-refractivity contribution is 7.92. The summed E-state index contributed by atoms with van der Waals surface area (Å²) in [6.07, 6.45) is 1.82. The molecule has 0 saturated carbocycles. The van der Waals surface area contributed by atoms with Crippen LogP contribution < -0.4 is 14.4 Å². The highest BCUT2D eigenvalue weighted by atomic mass is 32.2.